The van der Waals surface area contributed by atoms with Crippen LogP contribution in [0.4, 0.5) is 0 Å². The van der Waals surface area contributed by atoms with Gasteiger partial charge in [0.2, 0.25) is 0 Å². The van der Waals surface area contributed by atoms with E-state index in [0.717, 1.165) is 5.56 Å². The Balaban J connectivity index is 2.83. The van der Waals surface area contributed by atoms with Crippen LogP contribution in [0.5, 0.6) is 0 Å². The molecule has 0 N–H and O–H groups in total. The van der Waals surface area contributed by atoms with E-state index in [9.17, 15) is 9.59 Å². The van der Waals surface area contributed by atoms with Crippen LogP contribution in [0.1, 0.15) is 22.8 Å². The summed E-state index contributed by atoms with van der Waals surface area (Å²) < 4.78 is 0. The number of carbonyl (C=O) groups is 2. The van der Waals surface area contributed by atoms with Crippen molar-refractivity contribution in [2.45, 2.75) is 13.3 Å². The van der Waals surface area contributed by atoms with E-state index in [4.69, 9.17) is 0 Å². The molecule has 0 fully saturated rings. The van der Waals surface area contributed by atoms with Crippen LogP contribution in [0.2, 0.25) is 0 Å². The van der Waals surface area contributed by atoms with Gasteiger partial charge in [-0.15, -0.1) is 0 Å². The van der Waals surface area contributed by atoms with E-state index in [1.807, 2.05) is 6.07 Å². The Hall–Kier alpha value is -1.09. The predicted molar refractivity (Wildman–Crippen MR) is 59.0 cm³/mol. The first-order chi connectivity index (χ1) is 6.63. The van der Waals surface area contributed by atoms with Gasteiger partial charge in [-0.2, -0.15) is 12.6 Å². The van der Waals surface area contributed by atoms with Crippen LogP contribution in [-0.4, -0.2) is 17.3 Å². The second-order valence-electron chi connectivity index (χ2n) is 3.13. The predicted octanol–water partition coefficient (Wildman–Crippen LogP) is 1.93. The fourth-order valence-corrected chi connectivity index (χ4v) is 1.30. The Labute approximate surface area is 88.7 Å². The summed E-state index contributed by atoms with van der Waals surface area (Å²) >= 11 is 3.90. The third-order valence-corrected chi connectivity index (χ3v) is 2.26. The second kappa shape index (κ2) is 4.96. The maximum absolute atomic E-state index is 11.1. The van der Waals surface area contributed by atoms with Crippen molar-refractivity contribution < 1.29 is 9.59 Å². The Morgan fingerprint density at radius 2 is 2.07 bits per heavy atom. The van der Waals surface area contributed by atoms with Gasteiger partial charge in [-0.05, 0) is 18.6 Å². The van der Waals surface area contributed by atoms with E-state index in [-0.39, 0.29) is 17.3 Å². The first-order valence-corrected chi connectivity index (χ1v) is 4.99. The molecule has 74 valence electrons. The molecule has 1 rings (SSSR count). The molecule has 0 aliphatic rings. The Morgan fingerprint density at radius 3 is 2.64 bits per heavy atom. The van der Waals surface area contributed by atoms with Crippen LogP contribution >= 0.6 is 12.6 Å². The number of hydrogen-bond acceptors (Lipinski definition) is 3. The van der Waals surface area contributed by atoms with Crippen molar-refractivity contribution >= 4 is 24.2 Å². The summed E-state index contributed by atoms with van der Waals surface area (Å²) in [6.45, 7) is 1.51. The molecule has 0 aliphatic carbocycles. The molecule has 0 aliphatic heterocycles. The van der Waals surface area contributed by atoms with Crippen molar-refractivity contribution in [2.75, 3.05) is 5.75 Å². The molecule has 0 saturated heterocycles. The van der Waals surface area contributed by atoms with Gasteiger partial charge in [-0.1, -0.05) is 18.2 Å². The van der Waals surface area contributed by atoms with Crippen molar-refractivity contribution in [1.82, 2.24) is 0 Å². The van der Waals surface area contributed by atoms with E-state index in [1.54, 1.807) is 18.2 Å². The van der Waals surface area contributed by atoms with E-state index >= 15 is 0 Å². The number of thiol groups is 1. The zero-order valence-electron chi connectivity index (χ0n) is 7.99. The lowest BCUT2D eigenvalue weighted by atomic mass is 10.0. The summed E-state index contributed by atoms with van der Waals surface area (Å²) in [5, 5.41) is 0. The molecule has 0 amide bonds. The maximum Gasteiger partial charge on any atom is 0.159 e. The zero-order valence-corrected chi connectivity index (χ0v) is 8.88. The lowest BCUT2D eigenvalue weighted by molar-refractivity contribution is -0.115. The summed E-state index contributed by atoms with van der Waals surface area (Å²) in [4.78, 5) is 22.2. The van der Waals surface area contributed by atoms with Crippen molar-refractivity contribution in [3.63, 3.8) is 0 Å². The molecule has 0 saturated carbocycles. The van der Waals surface area contributed by atoms with Crippen LogP contribution < -0.4 is 0 Å². The number of rotatable bonds is 4. The van der Waals surface area contributed by atoms with Gasteiger partial charge in [0.05, 0.1) is 0 Å². The average molecular weight is 208 g/mol. The topological polar surface area (TPSA) is 34.1 Å². The summed E-state index contributed by atoms with van der Waals surface area (Å²) in [6, 6.07) is 7.13. The average Bonchev–Trinajstić information content (AvgIpc) is 2.18. The molecule has 2 nitrogen and oxygen atoms in total. The second-order valence-corrected chi connectivity index (χ2v) is 3.45. The van der Waals surface area contributed by atoms with Crippen molar-refractivity contribution in [1.29, 1.82) is 0 Å². The smallest absolute Gasteiger partial charge is 0.159 e. The number of Topliss-reactive ketones (excluding diaryl/α,β-unsaturated/α-hetero) is 2. The fourth-order valence-electron chi connectivity index (χ4n) is 1.18. The van der Waals surface area contributed by atoms with E-state index in [2.05, 4.69) is 12.6 Å². The highest BCUT2D eigenvalue weighted by Crippen LogP contribution is 2.07. The van der Waals surface area contributed by atoms with Gasteiger partial charge >= 0.3 is 0 Å². The standard InChI is InChI=1S/C11H12O2S/c1-8(12)10-4-2-3-9(5-10)6-11(13)7-14/h2-5,14H,6-7H2,1H3. The molecule has 0 spiro atoms. The summed E-state index contributed by atoms with van der Waals surface area (Å²) in [6.07, 6.45) is 0.352. The zero-order chi connectivity index (χ0) is 10.6. The molecule has 0 radical (unpaired) electrons. The molecular formula is C11H12O2S. The number of ketones is 2. The first kappa shape index (κ1) is 11.0. The minimum Gasteiger partial charge on any atom is -0.298 e. The third kappa shape index (κ3) is 3.00. The molecule has 1 aromatic carbocycles. The van der Waals surface area contributed by atoms with Gasteiger partial charge in [0.15, 0.2) is 5.78 Å². The summed E-state index contributed by atoms with van der Waals surface area (Å²) in [7, 11) is 0. The highest BCUT2D eigenvalue weighted by Gasteiger charge is 2.03. The lowest BCUT2D eigenvalue weighted by Crippen LogP contribution is -2.04. The van der Waals surface area contributed by atoms with Crippen LogP contribution in [0, 0.1) is 0 Å². The first-order valence-electron chi connectivity index (χ1n) is 4.36. The van der Waals surface area contributed by atoms with Gasteiger partial charge in [-0.3, -0.25) is 9.59 Å². The largest absolute Gasteiger partial charge is 0.298 e. The van der Waals surface area contributed by atoms with Crippen LogP contribution in [0.25, 0.3) is 0 Å². The summed E-state index contributed by atoms with van der Waals surface area (Å²) in [5.41, 5.74) is 1.52. The van der Waals surface area contributed by atoms with E-state index in [1.165, 1.54) is 6.92 Å². The van der Waals surface area contributed by atoms with Gasteiger partial charge in [-0.25, -0.2) is 0 Å². The molecule has 0 aromatic heterocycles. The quantitative estimate of drug-likeness (QED) is 0.606. The fraction of sp³-hybridized carbons (Fsp3) is 0.273. The van der Waals surface area contributed by atoms with Gasteiger partial charge in [0.25, 0.3) is 0 Å². The third-order valence-electron chi connectivity index (χ3n) is 1.91. The Morgan fingerprint density at radius 1 is 1.36 bits per heavy atom. The molecule has 14 heavy (non-hydrogen) atoms. The summed E-state index contributed by atoms with van der Waals surface area (Å²) in [5.74, 6) is 0.323. The monoisotopic (exact) mass is 208 g/mol. The van der Waals surface area contributed by atoms with Gasteiger partial charge < -0.3 is 0 Å². The van der Waals surface area contributed by atoms with E-state index in [0.29, 0.717) is 12.0 Å². The molecule has 0 bridgehead atoms. The van der Waals surface area contributed by atoms with Gasteiger partial charge in [0, 0.05) is 17.7 Å². The highest BCUT2D eigenvalue weighted by molar-refractivity contribution is 7.81. The van der Waals surface area contributed by atoms with Crippen molar-refractivity contribution in [2.24, 2.45) is 0 Å². The van der Waals surface area contributed by atoms with Crippen molar-refractivity contribution in [3.8, 4) is 0 Å². The van der Waals surface area contributed by atoms with Gasteiger partial charge in [0.1, 0.15) is 5.78 Å². The van der Waals surface area contributed by atoms with Crippen LogP contribution in [-0.2, 0) is 11.2 Å². The number of benzene rings is 1. The Bertz CT molecular complexity index is 358. The Kier molecular flexibility index (Phi) is 3.89. The molecule has 0 atom stereocenters. The van der Waals surface area contributed by atoms with E-state index < -0.39 is 0 Å². The molecular weight excluding hydrogens is 196 g/mol. The number of hydrogen-bond donors (Lipinski definition) is 1. The maximum atomic E-state index is 11.1. The minimum absolute atomic E-state index is 0.0187. The molecule has 3 heteroatoms. The molecule has 1 aromatic rings. The van der Waals surface area contributed by atoms with Crippen LogP contribution in [0.3, 0.4) is 0 Å². The van der Waals surface area contributed by atoms with Crippen molar-refractivity contribution in [3.05, 3.63) is 35.4 Å². The molecule has 0 unspecified atom stereocenters. The highest BCUT2D eigenvalue weighted by atomic mass is 32.1. The minimum atomic E-state index is 0.0187. The normalized spacial score (nSPS) is 9.86. The number of carbonyl (C=O) groups excluding carboxylic acids is 2. The molecule has 0 heterocycles. The SMILES string of the molecule is CC(=O)c1cccc(CC(=O)CS)c1. The van der Waals surface area contributed by atoms with Crippen LogP contribution in [0.15, 0.2) is 24.3 Å². The lowest BCUT2D eigenvalue weighted by Gasteiger charge is -2.00.